The minimum atomic E-state index is -0.532. The predicted octanol–water partition coefficient (Wildman–Crippen LogP) is 1.93. The van der Waals surface area contributed by atoms with E-state index < -0.39 is 4.92 Å². The lowest BCUT2D eigenvalue weighted by molar-refractivity contribution is -0.391. The van der Waals surface area contributed by atoms with Gasteiger partial charge in [-0.1, -0.05) is 13.8 Å². The standard InChI is InChI=1S/C11H16ClN3O3/c1-7(2)8(12)6-13-11(16)9-4-5-10(14(9)3)15(17)18/h4-5,7-8H,6H2,1-3H3,(H,13,16). The van der Waals surface area contributed by atoms with E-state index in [9.17, 15) is 14.9 Å². The number of halogens is 1. The largest absolute Gasteiger partial charge is 0.358 e. The Morgan fingerprint density at radius 3 is 2.61 bits per heavy atom. The molecule has 0 spiro atoms. The Hall–Kier alpha value is -1.56. The third-order valence-electron chi connectivity index (χ3n) is 2.70. The highest BCUT2D eigenvalue weighted by atomic mass is 35.5. The molecule has 0 aliphatic rings. The molecule has 1 unspecified atom stereocenters. The van der Waals surface area contributed by atoms with Crippen molar-refractivity contribution in [3.05, 3.63) is 27.9 Å². The van der Waals surface area contributed by atoms with Gasteiger partial charge < -0.3 is 15.4 Å². The van der Waals surface area contributed by atoms with Crippen molar-refractivity contribution in [2.24, 2.45) is 13.0 Å². The number of nitrogens with one attached hydrogen (secondary N) is 1. The number of alkyl halides is 1. The molecule has 0 fully saturated rings. The average molecular weight is 274 g/mol. The first kappa shape index (κ1) is 14.5. The molecule has 0 bridgehead atoms. The summed E-state index contributed by atoms with van der Waals surface area (Å²) in [6, 6.07) is 2.72. The van der Waals surface area contributed by atoms with Crippen LogP contribution in [0.5, 0.6) is 0 Å². The Morgan fingerprint density at radius 2 is 2.17 bits per heavy atom. The minimum Gasteiger partial charge on any atom is -0.358 e. The Labute approximate surface area is 110 Å². The van der Waals surface area contributed by atoms with E-state index in [-0.39, 0.29) is 28.7 Å². The summed E-state index contributed by atoms with van der Waals surface area (Å²) in [4.78, 5) is 21.9. The molecule has 0 aliphatic carbocycles. The van der Waals surface area contributed by atoms with Gasteiger partial charge in [-0.15, -0.1) is 11.6 Å². The van der Waals surface area contributed by atoms with Gasteiger partial charge in [-0.3, -0.25) is 4.79 Å². The molecule has 1 atom stereocenters. The highest BCUT2D eigenvalue weighted by Gasteiger charge is 2.21. The highest BCUT2D eigenvalue weighted by Crippen LogP contribution is 2.15. The van der Waals surface area contributed by atoms with Crippen molar-refractivity contribution in [1.82, 2.24) is 9.88 Å². The van der Waals surface area contributed by atoms with Gasteiger partial charge in [0.2, 0.25) is 0 Å². The molecule has 100 valence electrons. The molecule has 18 heavy (non-hydrogen) atoms. The van der Waals surface area contributed by atoms with E-state index in [1.54, 1.807) is 0 Å². The minimum absolute atomic E-state index is 0.119. The summed E-state index contributed by atoms with van der Waals surface area (Å²) >= 11 is 6.01. The molecule has 0 aliphatic heterocycles. The lowest BCUT2D eigenvalue weighted by atomic mass is 10.1. The number of nitro groups is 1. The highest BCUT2D eigenvalue weighted by molar-refractivity contribution is 6.21. The molecule has 1 aromatic heterocycles. The van der Waals surface area contributed by atoms with Gasteiger partial charge in [-0.25, -0.2) is 4.57 Å². The predicted molar refractivity (Wildman–Crippen MR) is 68.9 cm³/mol. The number of hydrogen-bond donors (Lipinski definition) is 1. The Kier molecular flexibility index (Phi) is 4.72. The first-order chi connectivity index (χ1) is 8.34. The van der Waals surface area contributed by atoms with Crippen molar-refractivity contribution in [2.75, 3.05) is 6.54 Å². The first-order valence-electron chi connectivity index (χ1n) is 5.57. The van der Waals surface area contributed by atoms with Crippen LogP contribution in [-0.4, -0.2) is 27.3 Å². The van der Waals surface area contributed by atoms with Gasteiger partial charge in [0.05, 0.1) is 12.4 Å². The monoisotopic (exact) mass is 273 g/mol. The van der Waals surface area contributed by atoms with Crippen LogP contribution in [0.1, 0.15) is 24.3 Å². The third-order valence-corrected chi connectivity index (χ3v) is 3.35. The van der Waals surface area contributed by atoms with Crippen LogP contribution in [0.4, 0.5) is 5.82 Å². The number of carbonyl (C=O) groups is 1. The van der Waals surface area contributed by atoms with E-state index in [0.717, 1.165) is 0 Å². The van der Waals surface area contributed by atoms with Gasteiger partial charge in [-0.05, 0) is 16.9 Å². The van der Waals surface area contributed by atoms with Crippen molar-refractivity contribution < 1.29 is 9.72 Å². The zero-order chi connectivity index (χ0) is 13.9. The molecular formula is C11H16ClN3O3. The molecule has 6 nitrogen and oxygen atoms in total. The van der Waals surface area contributed by atoms with E-state index in [1.807, 2.05) is 13.8 Å². The van der Waals surface area contributed by atoms with Crippen LogP contribution in [-0.2, 0) is 7.05 Å². The summed E-state index contributed by atoms with van der Waals surface area (Å²) in [6.45, 7) is 4.24. The van der Waals surface area contributed by atoms with E-state index in [1.165, 1.54) is 23.7 Å². The lowest BCUT2D eigenvalue weighted by Gasteiger charge is -2.13. The fourth-order valence-corrected chi connectivity index (χ4v) is 1.51. The summed E-state index contributed by atoms with van der Waals surface area (Å²) in [5.74, 6) is -0.238. The van der Waals surface area contributed by atoms with Gasteiger partial charge in [-0.2, -0.15) is 0 Å². The molecule has 0 radical (unpaired) electrons. The maximum Gasteiger partial charge on any atom is 0.323 e. The van der Waals surface area contributed by atoms with E-state index in [2.05, 4.69) is 5.32 Å². The number of carbonyl (C=O) groups excluding carboxylic acids is 1. The zero-order valence-electron chi connectivity index (χ0n) is 10.5. The molecule has 1 aromatic rings. The molecule has 1 heterocycles. The summed E-state index contributed by atoms with van der Waals surface area (Å²) in [6.07, 6.45) is 0. The van der Waals surface area contributed by atoms with Crippen molar-refractivity contribution in [3.8, 4) is 0 Å². The van der Waals surface area contributed by atoms with Crippen LogP contribution in [0.3, 0.4) is 0 Å². The summed E-state index contributed by atoms with van der Waals surface area (Å²) in [5.41, 5.74) is 0.245. The fraction of sp³-hybridized carbons (Fsp3) is 0.545. The van der Waals surface area contributed by atoms with Crippen LogP contribution in [0.2, 0.25) is 0 Å². The van der Waals surface area contributed by atoms with Crippen molar-refractivity contribution in [3.63, 3.8) is 0 Å². The second-order valence-corrected chi connectivity index (χ2v) is 4.92. The summed E-state index contributed by atoms with van der Waals surface area (Å²) in [5, 5.41) is 13.1. The molecule has 0 saturated carbocycles. The van der Waals surface area contributed by atoms with Gasteiger partial charge in [0.15, 0.2) is 5.69 Å². The number of nitrogens with zero attached hydrogens (tertiary/aromatic N) is 2. The Balaban J connectivity index is 2.71. The lowest BCUT2D eigenvalue weighted by Crippen LogP contribution is -2.33. The van der Waals surface area contributed by atoms with Crippen LogP contribution < -0.4 is 5.32 Å². The maximum absolute atomic E-state index is 11.8. The SMILES string of the molecule is CC(C)C(Cl)CNC(=O)c1ccc([N+](=O)[O-])n1C. The fourth-order valence-electron chi connectivity index (χ4n) is 1.43. The number of aromatic nitrogens is 1. The van der Waals surface area contributed by atoms with Crippen molar-refractivity contribution in [1.29, 1.82) is 0 Å². The first-order valence-corrected chi connectivity index (χ1v) is 6.00. The normalized spacial score (nSPS) is 12.5. The second-order valence-electron chi connectivity index (χ2n) is 4.36. The number of amides is 1. The van der Waals surface area contributed by atoms with E-state index >= 15 is 0 Å². The smallest absolute Gasteiger partial charge is 0.323 e. The second kappa shape index (κ2) is 5.86. The average Bonchev–Trinajstić information content (AvgIpc) is 2.67. The number of hydrogen-bond acceptors (Lipinski definition) is 3. The molecule has 0 aromatic carbocycles. The van der Waals surface area contributed by atoms with Crippen molar-refractivity contribution in [2.45, 2.75) is 19.2 Å². The van der Waals surface area contributed by atoms with Crippen LogP contribution >= 0.6 is 11.6 Å². The van der Waals surface area contributed by atoms with Gasteiger partial charge >= 0.3 is 5.82 Å². The van der Waals surface area contributed by atoms with Crippen LogP contribution in [0.15, 0.2) is 12.1 Å². The molecule has 1 N–H and O–H groups in total. The van der Waals surface area contributed by atoms with Gasteiger partial charge in [0.1, 0.15) is 0 Å². The molecule has 1 rings (SSSR count). The number of rotatable bonds is 5. The molecule has 7 heteroatoms. The van der Waals surface area contributed by atoms with Crippen LogP contribution in [0.25, 0.3) is 0 Å². The summed E-state index contributed by atoms with van der Waals surface area (Å²) in [7, 11) is 1.48. The van der Waals surface area contributed by atoms with E-state index in [4.69, 9.17) is 11.6 Å². The topological polar surface area (TPSA) is 77.2 Å². The van der Waals surface area contributed by atoms with Crippen LogP contribution in [0, 0.1) is 16.0 Å². The van der Waals surface area contributed by atoms with E-state index in [0.29, 0.717) is 6.54 Å². The Morgan fingerprint density at radius 1 is 1.56 bits per heavy atom. The van der Waals surface area contributed by atoms with Gasteiger partial charge in [0.25, 0.3) is 5.91 Å². The molecule has 0 saturated heterocycles. The Bertz CT molecular complexity index is 456. The third kappa shape index (κ3) is 3.22. The summed E-state index contributed by atoms with van der Waals surface area (Å²) < 4.78 is 1.24. The quantitative estimate of drug-likeness (QED) is 0.506. The maximum atomic E-state index is 11.8. The van der Waals surface area contributed by atoms with Crippen molar-refractivity contribution >= 4 is 23.3 Å². The zero-order valence-corrected chi connectivity index (χ0v) is 11.3. The van der Waals surface area contributed by atoms with Gasteiger partial charge in [0, 0.05) is 12.6 Å². The molecular weight excluding hydrogens is 258 g/mol. The molecule has 1 amide bonds.